The van der Waals surface area contributed by atoms with Gasteiger partial charge in [0.25, 0.3) is 5.91 Å². The summed E-state index contributed by atoms with van der Waals surface area (Å²) < 4.78 is 11.8. The number of amides is 1. The highest BCUT2D eigenvalue weighted by Crippen LogP contribution is 2.21. The van der Waals surface area contributed by atoms with E-state index in [-0.39, 0.29) is 17.6 Å². The number of furan rings is 1. The normalized spacial score (nSPS) is 12.4. The smallest absolute Gasteiger partial charge is 0.357 e. The van der Waals surface area contributed by atoms with Gasteiger partial charge in [0.15, 0.2) is 18.1 Å². The predicted molar refractivity (Wildman–Crippen MR) is 105 cm³/mol. The van der Waals surface area contributed by atoms with Crippen molar-refractivity contribution >= 4 is 23.6 Å². The molecule has 0 aliphatic heterocycles. The fourth-order valence-electron chi connectivity index (χ4n) is 2.45. The standard InChI is InChI=1S/C20H21N5O4/c1-3-14(2)21-18(26)13-29-20(27)17(12-16-10-7-11-28-16)25-19(22-23-24-25)15-8-5-4-6-9-15/h4-12,14H,3,13H2,1-2H3,(H,21,26)/b17-12-/t14-/m0/s1. The lowest BCUT2D eigenvalue weighted by molar-refractivity contribution is -0.143. The quantitative estimate of drug-likeness (QED) is 0.460. The fourth-order valence-corrected chi connectivity index (χ4v) is 2.45. The number of benzene rings is 1. The topological polar surface area (TPSA) is 112 Å². The molecule has 0 spiro atoms. The molecule has 3 aromatic rings. The molecule has 0 fully saturated rings. The van der Waals surface area contributed by atoms with Gasteiger partial charge in [-0.25, -0.2) is 4.79 Å². The van der Waals surface area contributed by atoms with Crippen molar-refractivity contribution in [2.24, 2.45) is 0 Å². The van der Waals surface area contributed by atoms with E-state index in [0.29, 0.717) is 17.1 Å². The molecule has 0 saturated carbocycles. The van der Waals surface area contributed by atoms with E-state index < -0.39 is 12.6 Å². The predicted octanol–water partition coefficient (Wildman–Crippen LogP) is 2.39. The maximum absolute atomic E-state index is 12.8. The first-order valence-electron chi connectivity index (χ1n) is 9.14. The molecule has 9 nitrogen and oxygen atoms in total. The third-order valence-electron chi connectivity index (χ3n) is 4.12. The van der Waals surface area contributed by atoms with Gasteiger partial charge in [-0.3, -0.25) is 4.79 Å². The summed E-state index contributed by atoms with van der Waals surface area (Å²) in [4.78, 5) is 24.7. The van der Waals surface area contributed by atoms with Gasteiger partial charge in [0.1, 0.15) is 5.76 Å². The van der Waals surface area contributed by atoms with Crippen LogP contribution in [0.3, 0.4) is 0 Å². The first-order valence-corrected chi connectivity index (χ1v) is 9.14. The Morgan fingerprint density at radius 2 is 2.03 bits per heavy atom. The Morgan fingerprint density at radius 1 is 1.24 bits per heavy atom. The molecule has 29 heavy (non-hydrogen) atoms. The van der Waals surface area contributed by atoms with Crippen molar-refractivity contribution in [1.82, 2.24) is 25.5 Å². The SMILES string of the molecule is CC[C@H](C)NC(=O)COC(=O)/C(=C/c1ccco1)n1nnnc1-c1ccccc1. The van der Waals surface area contributed by atoms with Crippen LogP contribution in [-0.4, -0.2) is 44.7 Å². The van der Waals surface area contributed by atoms with Crippen molar-refractivity contribution in [3.05, 3.63) is 54.5 Å². The van der Waals surface area contributed by atoms with Gasteiger partial charge in [-0.15, -0.1) is 5.10 Å². The summed E-state index contributed by atoms with van der Waals surface area (Å²) in [5.74, 6) is -0.379. The van der Waals surface area contributed by atoms with E-state index in [2.05, 4.69) is 20.8 Å². The van der Waals surface area contributed by atoms with Gasteiger partial charge in [-0.1, -0.05) is 37.3 Å². The molecular weight excluding hydrogens is 374 g/mol. The van der Waals surface area contributed by atoms with Crippen LogP contribution in [0.15, 0.2) is 53.1 Å². The minimum atomic E-state index is -0.759. The number of carbonyl (C=O) groups excluding carboxylic acids is 2. The van der Waals surface area contributed by atoms with Crippen molar-refractivity contribution in [3.8, 4) is 11.4 Å². The maximum Gasteiger partial charge on any atom is 0.357 e. The van der Waals surface area contributed by atoms with Gasteiger partial charge < -0.3 is 14.5 Å². The number of esters is 1. The van der Waals surface area contributed by atoms with Crippen LogP contribution in [0.4, 0.5) is 0 Å². The highest BCUT2D eigenvalue weighted by molar-refractivity contribution is 6.15. The van der Waals surface area contributed by atoms with Crippen LogP contribution in [0.2, 0.25) is 0 Å². The summed E-state index contributed by atoms with van der Waals surface area (Å²) in [6.45, 7) is 3.40. The van der Waals surface area contributed by atoms with Crippen LogP contribution in [0.5, 0.6) is 0 Å². The van der Waals surface area contributed by atoms with E-state index in [1.165, 1.54) is 17.0 Å². The zero-order valence-corrected chi connectivity index (χ0v) is 16.1. The molecule has 2 aromatic heterocycles. The fraction of sp³-hybridized carbons (Fsp3) is 0.250. The largest absolute Gasteiger partial charge is 0.465 e. The summed E-state index contributed by atoms with van der Waals surface area (Å²) in [5.41, 5.74) is 0.727. The molecule has 1 amide bonds. The Bertz CT molecular complexity index is 979. The van der Waals surface area contributed by atoms with Crippen LogP contribution >= 0.6 is 0 Å². The summed E-state index contributed by atoms with van der Waals surface area (Å²) in [6, 6.07) is 12.5. The second kappa shape index (κ2) is 9.45. The van der Waals surface area contributed by atoms with E-state index in [4.69, 9.17) is 9.15 Å². The monoisotopic (exact) mass is 395 g/mol. The summed E-state index contributed by atoms with van der Waals surface area (Å²) in [6.07, 6.45) is 3.71. The third-order valence-corrected chi connectivity index (χ3v) is 4.12. The van der Waals surface area contributed by atoms with E-state index in [0.717, 1.165) is 6.42 Å². The number of carbonyl (C=O) groups is 2. The molecule has 1 aromatic carbocycles. The number of nitrogens with one attached hydrogen (secondary N) is 1. The molecule has 0 unspecified atom stereocenters. The Balaban J connectivity index is 1.87. The molecular formula is C20H21N5O4. The van der Waals surface area contributed by atoms with Gasteiger partial charge in [0.05, 0.1) is 6.26 Å². The van der Waals surface area contributed by atoms with Gasteiger partial charge in [-0.05, 0) is 35.9 Å². The van der Waals surface area contributed by atoms with E-state index in [1.807, 2.05) is 44.2 Å². The average molecular weight is 395 g/mol. The minimum absolute atomic E-state index is 0.0106. The first-order chi connectivity index (χ1) is 14.1. The zero-order valence-electron chi connectivity index (χ0n) is 16.1. The van der Waals surface area contributed by atoms with Crippen LogP contribution in [0, 0.1) is 0 Å². The number of rotatable bonds is 8. The first kappa shape index (κ1) is 20.0. The second-order valence-corrected chi connectivity index (χ2v) is 6.28. The molecule has 2 heterocycles. The van der Waals surface area contributed by atoms with Gasteiger partial charge in [-0.2, -0.15) is 4.68 Å². The molecule has 150 valence electrons. The number of tetrazole rings is 1. The van der Waals surface area contributed by atoms with E-state index in [1.54, 1.807) is 12.1 Å². The number of nitrogens with zero attached hydrogens (tertiary/aromatic N) is 4. The van der Waals surface area contributed by atoms with Gasteiger partial charge in [0, 0.05) is 17.7 Å². The van der Waals surface area contributed by atoms with Crippen LogP contribution in [-0.2, 0) is 14.3 Å². The van der Waals surface area contributed by atoms with Crippen molar-refractivity contribution in [3.63, 3.8) is 0 Å². The van der Waals surface area contributed by atoms with Crippen LogP contribution in [0.1, 0.15) is 26.0 Å². The minimum Gasteiger partial charge on any atom is -0.465 e. The van der Waals surface area contributed by atoms with Crippen molar-refractivity contribution in [2.45, 2.75) is 26.3 Å². The van der Waals surface area contributed by atoms with Crippen LogP contribution in [0.25, 0.3) is 23.2 Å². The molecule has 3 rings (SSSR count). The molecule has 0 bridgehead atoms. The van der Waals surface area contributed by atoms with Gasteiger partial charge in [0.2, 0.25) is 0 Å². The van der Waals surface area contributed by atoms with E-state index in [9.17, 15) is 9.59 Å². The molecule has 1 atom stereocenters. The number of ether oxygens (including phenoxy) is 1. The summed E-state index contributed by atoms with van der Waals surface area (Å²) >= 11 is 0. The number of aromatic nitrogens is 4. The van der Waals surface area contributed by atoms with Gasteiger partial charge >= 0.3 is 5.97 Å². The Hall–Kier alpha value is -3.75. The van der Waals surface area contributed by atoms with Crippen LogP contribution < -0.4 is 5.32 Å². The number of hydrogen-bond acceptors (Lipinski definition) is 7. The zero-order chi connectivity index (χ0) is 20.6. The highest BCUT2D eigenvalue weighted by Gasteiger charge is 2.22. The molecule has 0 saturated heterocycles. The average Bonchev–Trinajstić information content (AvgIpc) is 3.42. The Labute approximate surface area is 167 Å². The lowest BCUT2D eigenvalue weighted by atomic mass is 10.2. The van der Waals surface area contributed by atoms with Crippen molar-refractivity contribution in [1.29, 1.82) is 0 Å². The Morgan fingerprint density at radius 3 is 2.72 bits per heavy atom. The summed E-state index contributed by atoms with van der Waals surface area (Å²) in [7, 11) is 0. The Kier molecular flexibility index (Phi) is 6.51. The number of hydrogen-bond donors (Lipinski definition) is 1. The molecule has 0 aliphatic carbocycles. The van der Waals surface area contributed by atoms with Crippen molar-refractivity contribution < 1.29 is 18.7 Å². The van der Waals surface area contributed by atoms with E-state index >= 15 is 0 Å². The summed E-state index contributed by atoms with van der Waals surface area (Å²) in [5, 5.41) is 14.4. The molecule has 0 aliphatic rings. The lowest BCUT2D eigenvalue weighted by Gasteiger charge is -2.12. The molecule has 0 radical (unpaired) electrons. The molecule has 1 N–H and O–H groups in total. The maximum atomic E-state index is 12.8. The second-order valence-electron chi connectivity index (χ2n) is 6.28. The third kappa shape index (κ3) is 5.16. The highest BCUT2D eigenvalue weighted by atomic mass is 16.5. The molecule has 9 heteroatoms. The van der Waals surface area contributed by atoms with Crippen molar-refractivity contribution in [2.75, 3.05) is 6.61 Å². The lowest BCUT2D eigenvalue weighted by Crippen LogP contribution is -2.35.